The number of hydrogen-bond donors (Lipinski definition) is 1. The van der Waals surface area contributed by atoms with Crippen molar-refractivity contribution in [3.63, 3.8) is 0 Å². The third-order valence-corrected chi connectivity index (χ3v) is 13.1. The van der Waals surface area contributed by atoms with Gasteiger partial charge in [0.15, 0.2) is 0 Å². The van der Waals surface area contributed by atoms with Gasteiger partial charge in [0.25, 0.3) is 0 Å². The number of fused-ring (bicyclic) bond motifs is 8. The molecular formula is C34H47NO4. The summed E-state index contributed by atoms with van der Waals surface area (Å²) in [4.78, 5) is 29.2. The molecule has 4 saturated carbocycles. The highest BCUT2D eigenvalue weighted by Crippen LogP contribution is 2.66. The molecule has 7 rings (SSSR count). The van der Waals surface area contributed by atoms with Crippen molar-refractivity contribution in [2.24, 2.45) is 52.8 Å². The van der Waals surface area contributed by atoms with Gasteiger partial charge in [0.2, 0.25) is 0 Å². The number of nitrogens with zero attached hydrogens (tertiary/aromatic N) is 1. The number of hydrogen-bond acceptors (Lipinski definition) is 5. The Morgan fingerprint density at radius 2 is 1.72 bits per heavy atom. The third-order valence-electron chi connectivity index (χ3n) is 13.1. The minimum absolute atomic E-state index is 0.00110. The number of esters is 1. The van der Waals surface area contributed by atoms with Crippen LogP contribution in [0.25, 0.3) is 0 Å². The normalized spacial score (nSPS) is 49.2. The summed E-state index contributed by atoms with van der Waals surface area (Å²) in [6.07, 6.45) is 8.91. The van der Waals surface area contributed by atoms with Crippen LogP contribution in [-0.2, 0) is 9.53 Å². The topological polar surface area (TPSA) is 66.8 Å². The zero-order valence-corrected chi connectivity index (χ0v) is 24.1. The Kier molecular flexibility index (Phi) is 6.32. The molecule has 1 N–H and O–H groups in total. The molecule has 39 heavy (non-hydrogen) atoms. The molecule has 0 spiro atoms. The number of Topliss-reactive ketones (excluding diaryl/α,β-unsaturated/α-hetero) is 1. The van der Waals surface area contributed by atoms with Crippen LogP contribution in [0.2, 0.25) is 0 Å². The third kappa shape index (κ3) is 4.08. The first-order chi connectivity index (χ1) is 18.7. The summed E-state index contributed by atoms with van der Waals surface area (Å²) in [6, 6.07) is 9.54. The Morgan fingerprint density at radius 1 is 0.923 bits per heavy atom. The molecule has 1 aromatic carbocycles. The summed E-state index contributed by atoms with van der Waals surface area (Å²) >= 11 is 0. The van der Waals surface area contributed by atoms with Gasteiger partial charge in [-0.05, 0) is 117 Å². The lowest BCUT2D eigenvalue weighted by Gasteiger charge is -2.59. The van der Waals surface area contributed by atoms with Crippen LogP contribution in [0.1, 0.15) is 88.9 Å². The van der Waals surface area contributed by atoms with E-state index in [1.165, 1.54) is 19.3 Å². The first-order valence-electron chi connectivity index (χ1n) is 15.9. The minimum atomic E-state index is -0.606. The quantitative estimate of drug-likeness (QED) is 0.490. The van der Waals surface area contributed by atoms with Gasteiger partial charge in [-0.3, -0.25) is 9.69 Å². The molecule has 2 saturated heterocycles. The fourth-order valence-electron chi connectivity index (χ4n) is 11.2. The Morgan fingerprint density at radius 3 is 2.51 bits per heavy atom. The smallest absolute Gasteiger partial charge is 0.338 e. The number of ether oxygens (including phenoxy) is 1. The standard InChI is InChI=1S/C34H47NO4/c1-20-9-12-31-34(3,38)27-11-10-23-24(26(27)19-35(31)18-20)16-28-25(23)17-30(36)29-15-22(13-14-33(28,29)2)39-32(37)21-7-5-4-6-8-21/h4-8,20,22-29,31,38H,9-19H2,1-3H3/t20-,22-,23-,24-,25-,26-,27-,28-,29+,31+,33-,34+/m1/s1. The molecular weight excluding hydrogens is 486 g/mol. The molecule has 212 valence electrons. The number of rotatable bonds is 2. The molecule has 1 aromatic rings. The summed E-state index contributed by atoms with van der Waals surface area (Å²) in [5.41, 5.74) is -0.0175. The van der Waals surface area contributed by atoms with Crippen LogP contribution in [0.4, 0.5) is 0 Å². The summed E-state index contributed by atoms with van der Waals surface area (Å²) in [5.74, 6) is 4.12. The molecule has 2 heterocycles. The number of ketones is 1. The Bertz CT molecular complexity index is 1120. The maximum Gasteiger partial charge on any atom is 0.338 e. The van der Waals surface area contributed by atoms with Gasteiger partial charge in [-0.1, -0.05) is 32.0 Å². The Labute approximate surface area is 234 Å². The second-order valence-electron chi connectivity index (χ2n) is 15.0. The van der Waals surface area contributed by atoms with Gasteiger partial charge in [0.1, 0.15) is 11.9 Å². The zero-order chi connectivity index (χ0) is 27.1. The lowest BCUT2D eigenvalue weighted by Crippen LogP contribution is -2.67. The van der Waals surface area contributed by atoms with E-state index < -0.39 is 5.60 Å². The maximum atomic E-state index is 13.8. The van der Waals surface area contributed by atoms with Crippen LogP contribution in [0.3, 0.4) is 0 Å². The van der Waals surface area contributed by atoms with E-state index >= 15 is 0 Å². The minimum Gasteiger partial charge on any atom is -0.459 e. The fourth-order valence-corrected chi connectivity index (χ4v) is 11.2. The molecule has 0 bridgehead atoms. The Balaban J connectivity index is 1.10. The molecule has 6 aliphatic rings. The van der Waals surface area contributed by atoms with Gasteiger partial charge < -0.3 is 9.84 Å². The highest BCUT2D eigenvalue weighted by atomic mass is 16.5. The highest BCUT2D eigenvalue weighted by molar-refractivity contribution is 5.89. The van der Waals surface area contributed by atoms with E-state index in [1.807, 2.05) is 18.2 Å². The van der Waals surface area contributed by atoms with Gasteiger partial charge in [-0.2, -0.15) is 0 Å². The SMILES string of the molecule is C[C@@H]1CC[C@@H]2N(C1)C[C@@H]1[C@@H]3C[C@@H]4[C@H](CC(=O)[C@@H]5C[C@H](OC(=O)c6ccccc6)CC[C@]45C)[C@@H]3CC[C@H]1[C@]2(C)O. The molecule has 5 nitrogen and oxygen atoms in total. The van der Waals surface area contributed by atoms with Gasteiger partial charge in [-0.25, -0.2) is 4.79 Å². The first kappa shape index (κ1) is 26.2. The van der Waals surface area contributed by atoms with Gasteiger partial charge in [0.05, 0.1) is 11.2 Å². The molecule has 2 aliphatic heterocycles. The molecule has 12 atom stereocenters. The van der Waals surface area contributed by atoms with Crippen LogP contribution in [0, 0.1) is 52.8 Å². The summed E-state index contributed by atoms with van der Waals surface area (Å²) < 4.78 is 5.95. The van der Waals surface area contributed by atoms with Crippen molar-refractivity contribution in [3.05, 3.63) is 35.9 Å². The molecule has 0 radical (unpaired) electrons. The van der Waals surface area contributed by atoms with Crippen molar-refractivity contribution in [3.8, 4) is 0 Å². The van der Waals surface area contributed by atoms with Crippen molar-refractivity contribution in [1.29, 1.82) is 0 Å². The Hall–Kier alpha value is -1.72. The van der Waals surface area contributed by atoms with E-state index in [1.54, 1.807) is 12.1 Å². The van der Waals surface area contributed by atoms with Crippen molar-refractivity contribution >= 4 is 11.8 Å². The zero-order valence-electron chi connectivity index (χ0n) is 24.1. The van der Waals surface area contributed by atoms with E-state index in [9.17, 15) is 14.7 Å². The first-order valence-corrected chi connectivity index (χ1v) is 15.9. The second kappa shape index (κ2) is 9.41. The number of benzene rings is 1. The van der Waals surface area contributed by atoms with E-state index in [-0.39, 0.29) is 23.4 Å². The predicted octanol–water partition coefficient (Wildman–Crippen LogP) is 5.75. The van der Waals surface area contributed by atoms with Crippen LogP contribution < -0.4 is 0 Å². The number of piperidine rings is 2. The van der Waals surface area contributed by atoms with Crippen LogP contribution in [0.5, 0.6) is 0 Å². The highest BCUT2D eigenvalue weighted by Gasteiger charge is 2.64. The van der Waals surface area contributed by atoms with Gasteiger partial charge >= 0.3 is 5.97 Å². The average molecular weight is 534 g/mol. The van der Waals surface area contributed by atoms with Gasteiger partial charge in [0, 0.05) is 31.5 Å². The molecule has 0 unspecified atom stereocenters. The summed E-state index contributed by atoms with van der Waals surface area (Å²) in [6.45, 7) is 9.18. The van der Waals surface area contributed by atoms with E-state index in [0.29, 0.717) is 71.7 Å². The van der Waals surface area contributed by atoms with Crippen molar-refractivity contribution in [1.82, 2.24) is 4.90 Å². The predicted molar refractivity (Wildman–Crippen MR) is 150 cm³/mol. The number of carbonyl (C=O) groups is 2. The van der Waals surface area contributed by atoms with Crippen LogP contribution in [-0.4, -0.2) is 52.6 Å². The number of carbonyl (C=O) groups excluding carboxylic acids is 2. The molecule has 6 fully saturated rings. The molecule has 0 aromatic heterocycles. The van der Waals surface area contributed by atoms with E-state index in [4.69, 9.17) is 4.74 Å². The summed E-state index contributed by atoms with van der Waals surface area (Å²) in [5, 5.41) is 12.0. The van der Waals surface area contributed by atoms with E-state index in [0.717, 1.165) is 38.8 Å². The maximum absolute atomic E-state index is 13.8. The van der Waals surface area contributed by atoms with Gasteiger partial charge in [-0.15, -0.1) is 0 Å². The number of aliphatic hydroxyl groups is 1. The van der Waals surface area contributed by atoms with Crippen molar-refractivity contribution < 1.29 is 19.4 Å². The molecule has 0 amide bonds. The largest absolute Gasteiger partial charge is 0.459 e. The average Bonchev–Trinajstić information content (AvgIpc) is 3.29. The lowest BCUT2D eigenvalue weighted by molar-refractivity contribution is -0.175. The molecule has 4 aliphatic carbocycles. The molecule has 5 heteroatoms. The van der Waals surface area contributed by atoms with Crippen molar-refractivity contribution in [2.45, 2.75) is 96.3 Å². The van der Waals surface area contributed by atoms with Crippen molar-refractivity contribution in [2.75, 3.05) is 13.1 Å². The summed E-state index contributed by atoms with van der Waals surface area (Å²) in [7, 11) is 0. The fraction of sp³-hybridized carbons (Fsp3) is 0.765. The second-order valence-corrected chi connectivity index (χ2v) is 15.0. The monoisotopic (exact) mass is 533 g/mol. The van der Waals surface area contributed by atoms with Crippen LogP contribution in [0.15, 0.2) is 30.3 Å². The van der Waals surface area contributed by atoms with E-state index in [2.05, 4.69) is 25.7 Å². The van der Waals surface area contributed by atoms with Crippen LogP contribution >= 0.6 is 0 Å². The lowest BCUT2D eigenvalue weighted by atomic mass is 9.51.